The molecule has 0 saturated heterocycles. The van der Waals surface area contributed by atoms with E-state index in [9.17, 15) is 0 Å². The fourth-order valence-electron chi connectivity index (χ4n) is 2.74. The Kier molecular flexibility index (Phi) is 3.25. The van der Waals surface area contributed by atoms with Crippen LogP contribution in [0.25, 0.3) is 5.57 Å². The molecule has 2 heterocycles. The standard InChI is InChI=1S/C18H19N2/c1-15-5-3-4-6-18(15)20(2)13-9-17(10-14-20)16-7-11-19-12-8-16/h3-13H,14H2,1-2H3/q+1. The smallest absolute Gasteiger partial charge is 0.140 e. The summed E-state index contributed by atoms with van der Waals surface area (Å²) in [5, 5.41) is 0. The number of likely N-dealkylation sites (N-methyl/N-ethyl adjacent to an activating group) is 1. The summed E-state index contributed by atoms with van der Waals surface area (Å²) in [7, 11) is 2.25. The van der Waals surface area contributed by atoms with Gasteiger partial charge < -0.3 is 0 Å². The molecule has 0 bridgehead atoms. The lowest BCUT2D eigenvalue weighted by atomic mass is 10.0. The van der Waals surface area contributed by atoms with Crippen LogP contribution in [-0.4, -0.2) is 18.6 Å². The predicted octanol–water partition coefficient (Wildman–Crippen LogP) is 3.94. The summed E-state index contributed by atoms with van der Waals surface area (Å²) in [4.78, 5) is 4.07. The van der Waals surface area contributed by atoms with E-state index in [1.54, 1.807) is 0 Å². The second-order valence-corrected chi connectivity index (χ2v) is 5.45. The summed E-state index contributed by atoms with van der Waals surface area (Å²) in [6.45, 7) is 3.15. The van der Waals surface area contributed by atoms with Crippen molar-refractivity contribution in [2.45, 2.75) is 6.92 Å². The van der Waals surface area contributed by atoms with Crippen LogP contribution in [0, 0.1) is 6.92 Å². The van der Waals surface area contributed by atoms with Crippen molar-refractivity contribution >= 4 is 11.3 Å². The van der Waals surface area contributed by atoms with Gasteiger partial charge in [0, 0.05) is 18.0 Å². The van der Waals surface area contributed by atoms with Crippen LogP contribution in [0.3, 0.4) is 0 Å². The summed E-state index contributed by atoms with van der Waals surface area (Å²) >= 11 is 0. The van der Waals surface area contributed by atoms with E-state index >= 15 is 0 Å². The summed E-state index contributed by atoms with van der Waals surface area (Å²) in [5.74, 6) is 0. The van der Waals surface area contributed by atoms with E-state index in [0.29, 0.717) is 0 Å². The van der Waals surface area contributed by atoms with Gasteiger partial charge in [-0.25, -0.2) is 0 Å². The quantitative estimate of drug-likeness (QED) is 0.748. The molecular weight excluding hydrogens is 244 g/mol. The van der Waals surface area contributed by atoms with E-state index < -0.39 is 0 Å². The van der Waals surface area contributed by atoms with E-state index in [1.807, 2.05) is 12.4 Å². The van der Waals surface area contributed by atoms with E-state index in [-0.39, 0.29) is 0 Å². The molecule has 1 aromatic heterocycles. The second kappa shape index (κ2) is 5.06. The molecule has 1 aliphatic heterocycles. The number of pyridine rings is 1. The molecule has 3 rings (SSSR count). The van der Waals surface area contributed by atoms with Crippen molar-refractivity contribution < 1.29 is 0 Å². The van der Waals surface area contributed by atoms with Crippen LogP contribution in [0.4, 0.5) is 5.69 Å². The third-order valence-corrected chi connectivity index (χ3v) is 3.95. The number of nitrogens with zero attached hydrogens (tertiary/aromatic N) is 2. The van der Waals surface area contributed by atoms with Crippen molar-refractivity contribution in [3.63, 3.8) is 0 Å². The minimum atomic E-state index is 0.821. The molecule has 1 aliphatic rings. The molecular formula is C18H19N2+. The fourth-order valence-corrected chi connectivity index (χ4v) is 2.74. The van der Waals surface area contributed by atoms with Crippen molar-refractivity contribution in [3.05, 3.63) is 78.3 Å². The SMILES string of the molecule is Cc1ccccc1[N+]1(C)C=CC(c2ccncc2)=CC1. The van der Waals surface area contributed by atoms with E-state index in [1.165, 1.54) is 22.4 Å². The van der Waals surface area contributed by atoms with Gasteiger partial charge in [-0.2, -0.15) is 0 Å². The summed E-state index contributed by atoms with van der Waals surface area (Å²) in [6, 6.07) is 12.7. The Morgan fingerprint density at radius 1 is 1.05 bits per heavy atom. The number of aryl methyl sites for hydroxylation is 1. The second-order valence-electron chi connectivity index (χ2n) is 5.45. The largest absolute Gasteiger partial charge is 0.265 e. The number of allylic oxidation sites excluding steroid dienone is 2. The first-order valence-corrected chi connectivity index (χ1v) is 6.90. The van der Waals surface area contributed by atoms with Gasteiger partial charge in [-0.05, 0) is 48.4 Å². The Bertz CT molecular complexity index is 671. The molecule has 100 valence electrons. The molecule has 0 saturated carbocycles. The zero-order valence-electron chi connectivity index (χ0n) is 12.0. The highest BCUT2D eigenvalue weighted by Crippen LogP contribution is 2.30. The zero-order chi connectivity index (χ0) is 14.0. The number of hydrogen-bond acceptors (Lipinski definition) is 1. The molecule has 2 nitrogen and oxygen atoms in total. The highest BCUT2D eigenvalue weighted by molar-refractivity contribution is 5.76. The third kappa shape index (κ3) is 2.30. The van der Waals surface area contributed by atoms with E-state index in [4.69, 9.17) is 0 Å². The normalized spacial score (nSPS) is 21.6. The topological polar surface area (TPSA) is 12.9 Å². The van der Waals surface area contributed by atoms with Crippen LogP contribution in [0.5, 0.6) is 0 Å². The Hall–Kier alpha value is -2.19. The summed E-state index contributed by atoms with van der Waals surface area (Å²) in [6.07, 6.45) is 10.5. The van der Waals surface area contributed by atoms with Crippen molar-refractivity contribution in [2.24, 2.45) is 0 Å². The summed E-state index contributed by atoms with van der Waals surface area (Å²) < 4.78 is 0.821. The van der Waals surface area contributed by atoms with Crippen LogP contribution in [0.1, 0.15) is 11.1 Å². The van der Waals surface area contributed by atoms with E-state index in [2.05, 4.69) is 73.7 Å². The number of aromatic nitrogens is 1. The van der Waals surface area contributed by atoms with Crippen molar-refractivity contribution in [3.8, 4) is 0 Å². The van der Waals surface area contributed by atoms with Crippen LogP contribution in [0.2, 0.25) is 0 Å². The molecule has 0 amide bonds. The van der Waals surface area contributed by atoms with Gasteiger partial charge in [0.1, 0.15) is 18.4 Å². The lowest BCUT2D eigenvalue weighted by Gasteiger charge is -2.32. The minimum Gasteiger partial charge on any atom is -0.265 e. The Morgan fingerprint density at radius 3 is 2.45 bits per heavy atom. The van der Waals surface area contributed by atoms with Crippen molar-refractivity contribution in [1.29, 1.82) is 0 Å². The highest BCUT2D eigenvalue weighted by Gasteiger charge is 2.25. The molecule has 2 heteroatoms. The Morgan fingerprint density at radius 2 is 1.80 bits per heavy atom. The van der Waals surface area contributed by atoms with Crippen molar-refractivity contribution in [1.82, 2.24) is 9.47 Å². The maximum Gasteiger partial charge on any atom is 0.140 e. The van der Waals surface area contributed by atoms with Gasteiger partial charge in [-0.15, -0.1) is 0 Å². The maximum absolute atomic E-state index is 4.07. The molecule has 0 radical (unpaired) electrons. The molecule has 0 spiro atoms. The van der Waals surface area contributed by atoms with Crippen LogP contribution >= 0.6 is 0 Å². The lowest BCUT2D eigenvalue weighted by molar-refractivity contribution is 0.485. The molecule has 0 N–H and O–H groups in total. The first-order valence-electron chi connectivity index (χ1n) is 6.90. The Balaban J connectivity index is 1.91. The average molecular weight is 263 g/mol. The van der Waals surface area contributed by atoms with Gasteiger partial charge in [-0.1, -0.05) is 18.2 Å². The molecule has 0 aliphatic carbocycles. The first kappa shape index (κ1) is 12.8. The maximum atomic E-state index is 4.07. The lowest BCUT2D eigenvalue weighted by Crippen LogP contribution is -2.41. The number of hydrogen-bond donors (Lipinski definition) is 0. The number of para-hydroxylation sites is 1. The monoisotopic (exact) mass is 263 g/mol. The number of quaternary nitrogens is 1. The van der Waals surface area contributed by atoms with Crippen LogP contribution in [-0.2, 0) is 0 Å². The van der Waals surface area contributed by atoms with Gasteiger partial charge in [-0.3, -0.25) is 9.47 Å². The number of rotatable bonds is 2. The van der Waals surface area contributed by atoms with Crippen LogP contribution < -0.4 is 4.48 Å². The van der Waals surface area contributed by atoms with Gasteiger partial charge in [0.05, 0.1) is 7.05 Å². The van der Waals surface area contributed by atoms with Crippen LogP contribution in [0.15, 0.2) is 67.1 Å². The van der Waals surface area contributed by atoms with Gasteiger partial charge >= 0.3 is 0 Å². The molecule has 0 fully saturated rings. The van der Waals surface area contributed by atoms with Gasteiger partial charge in [0.2, 0.25) is 0 Å². The first-order chi connectivity index (χ1) is 9.69. The molecule has 20 heavy (non-hydrogen) atoms. The average Bonchev–Trinajstić information content (AvgIpc) is 2.49. The van der Waals surface area contributed by atoms with Gasteiger partial charge in [0.15, 0.2) is 0 Å². The molecule has 1 aromatic carbocycles. The third-order valence-electron chi connectivity index (χ3n) is 3.95. The summed E-state index contributed by atoms with van der Waals surface area (Å²) in [5.41, 5.74) is 5.19. The molecule has 1 unspecified atom stereocenters. The predicted molar refractivity (Wildman–Crippen MR) is 85.1 cm³/mol. The molecule has 1 atom stereocenters. The van der Waals surface area contributed by atoms with Crippen molar-refractivity contribution in [2.75, 3.05) is 13.6 Å². The fraction of sp³-hybridized carbons (Fsp3) is 0.167. The minimum absolute atomic E-state index is 0.821. The van der Waals surface area contributed by atoms with Gasteiger partial charge in [0.25, 0.3) is 0 Å². The number of benzene rings is 1. The Labute approximate surface area is 120 Å². The zero-order valence-corrected chi connectivity index (χ0v) is 12.0. The molecule has 2 aromatic rings. The van der Waals surface area contributed by atoms with E-state index in [0.717, 1.165) is 11.0 Å². The highest BCUT2D eigenvalue weighted by atomic mass is 15.3.